The van der Waals surface area contributed by atoms with Crippen LogP contribution in [0.5, 0.6) is 5.75 Å². The quantitative estimate of drug-likeness (QED) is 0.712. The first-order chi connectivity index (χ1) is 7.07. The average Bonchev–Trinajstić information content (AvgIpc) is 2.20. The number of amides is 1. The number of hydrogen-bond acceptors (Lipinski definition) is 3. The van der Waals surface area contributed by atoms with Crippen LogP contribution in [0.2, 0.25) is 0 Å². The third-order valence-corrected chi connectivity index (χ3v) is 2.04. The number of carbonyl (C=O) groups excluding carboxylic acids is 1. The Morgan fingerprint density at radius 3 is 2.53 bits per heavy atom. The predicted molar refractivity (Wildman–Crippen MR) is 52.3 cm³/mol. The van der Waals surface area contributed by atoms with E-state index in [1.807, 2.05) is 0 Å². The Morgan fingerprint density at radius 1 is 1.47 bits per heavy atom. The van der Waals surface area contributed by atoms with Crippen LogP contribution >= 0.6 is 0 Å². The third-order valence-electron chi connectivity index (χ3n) is 2.04. The summed E-state index contributed by atoms with van der Waals surface area (Å²) in [5.41, 5.74) is 0.194. The average molecular weight is 209 g/mol. The topological polar surface area (TPSA) is 77.8 Å². The van der Waals surface area contributed by atoms with Gasteiger partial charge < -0.3 is 15.1 Å². The number of hydrogen-bond donors (Lipinski definition) is 2. The van der Waals surface area contributed by atoms with Crippen LogP contribution in [-0.2, 0) is 9.59 Å². The van der Waals surface area contributed by atoms with Gasteiger partial charge in [-0.25, -0.2) is 4.79 Å². The number of rotatable bonds is 4. The first-order valence-electron chi connectivity index (χ1n) is 4.26. The molecule has 5 nitrogen and oxygen atoms in total. The minimum atomic E-state index is -1.19. The largest absolute Gasteiger partial charge is 0.508 e. The molecule has 0 aromatic heterocycles. The summed E-state index contributed by atoms with van der Waals surface area (Å²) in [5.74, 6) is -1.33. The molecular weight excluding hydrogens is 198 g/mol. The fourth-order valence-corrected chi connectivity index (χ4v) is 1.31. The Bertz CT molecular complexity index is 377. The lowest BCUT2D eigenvalue weighted by Crippen LogP contribution is -2.29. The van der Waals surface area contributed by atoms with Crippen LogP contribution in [0.25, 0.3) is 0 Å². The molecule has 80 valence electrons. The molecule has 15 heavy (non-hydrogen) atoms. The molecule has 1 rings (SSSR count). The van der Waals surface area contributed by atoms with E-state index in [1.165, 1.54) is 19.2 Å². The zero-order chi connectivity index (χ0) is 11.4. The molecule has 1 amide bonds. The molecule has 1 aromatic rings. The van der Waals surface area contributed by atoms with Gasteiger partial charge in [-0.3, -0.25) is 4.79 Å². The number of para-hydroxylation sites is 1. The molecule has 1 aromatic carbocycles. The van der Waals surface area contributed by atoms with Crippen molar-refractivity contribution in [3.63, 3.8) is 0 Å². The van der Waals surface area contributed by atoms with E-state index in [-0.39, 0.29) is 11.3 Å². The maximum absolute atomic E-state index is 10.9. The van der Waals surface area contributed by atoms with Gasteiger partial charge in [-0.2, -0.15) is 0 Å². The van der Waals surface area contributed by atoms with Crippen molar-refractivity contribution in [1.29, 1.82) is 0 Å². The Labute approximate surface area is 86.6 Å². The van der Waals surface area contributed by atoms with Gasteiger partial charge in [0.15, 0.2) is 6.04 Å². The van der Waals surface area contributed by atoms with E-state index >= 15 is 0 Å². The van der Waals surface area contributed by atoms with E-state index in [9.17, 15) is 14.7 Å². The summed E-state index contributed by atoms with van der Waals surface area (Å²) in [7, 11) is 1.35. The summed E-state index contributed by atoms with van der Waals surface area (Å²) in [6, 6.07) is 4.86. The van der Waals surface area contributed by atoms with Crippen LogP contribution in [0, 0.1) is 0 Å². The van der Waals surface area contributed by atoms with E-state index in [2.05, 4.69) is 0 Å². The maximum Gasteiger partial charge on any atom is 0.331 e. The minimum absolute atomic E-state index is 0.140. The fraction of sp³-hybridized carbons (Fsp3) is 0.200. The molecule has 0 bridgehead atoms. The van der Waals surface area contributed by atoms with Gasteiger partial charge in [-0.15, -0.1) is 0 Å². The molecule has 5 heteroatoms. The number of phenols is 1. The highest BCUT2D eigenvalue weighted by Crippen LogP contribution is 2.26. The van der Waals surface area contributed by atoms with E-state index < -0.39 is 12.0 Å². The van der Waals surface area contributed by atoms with Gasteiger partial charge >= 0.3 is 5.97 Å². The Hall–Kier alpha value is -2.04. The van der Waals surface area contributed by atoms with E-state index in [0.717, 1.165) is 4.90 Å². The second kappa shape index (κ2) is 4.45. The molecule has 2 N–H and O–H groups in total. The Kier molecular flexibility index (Phi) is 3.28. The van der Waals surface area contributed by atoms with E-state index in [1.54, 1.807) is 12.1 Å². The van der Waals surface area contributed by atoms with Crippen molar-refractivity contribution in [3.8, 4) is 5.75 Å². The smallest absolute Gasteiger partial charge is 0.331 e. The number of aromatic hydroxyl groups is 1. The first kappa shape index (κ1) is 11.0. The molecular formula is C10H11NO4. The Balaban J connectivity index is 3.15. The summed E-state index contributed by atoms with van der Waals surface area (Å²) < 4.78 is 0. The monoisotopic (exact) mass is 209 g/mol. The molecule has 0 spiro atoms. The molecule has 0 fully saturated rings. The van der Waals surface area contributed by atoms with Gasteiger partial charge in [0.2, 0.25) is 6.41 Å². The van der Waals surface area contributed by atoms with Crippen LogP contribution in [0.1, 0.15) is 11.6 Å². The number of carboxylic acid groups (broad SMARTS) is 1. The lowest BCUT2D eigenvalue weighted by Gasteiger charge is -2.21. The van der Waals surface area contributed by atoms with E-state index in [0.29, 0.717) is 6.41 Å². The van der Waals surface area contributed by atoms with Gasteiger partial charge in [0.1, 0.15) is 5.75 Å². The van der Waals surface area contributed by atoms with Crippen molar-refractivity contribution in [2.45, 2.75) is 6.04 Å². The van der Waals surface area contributed by atoms with Crippen molar-refractivity contribution in [2.75, 3.05) is 7.05 Å². The molecule has 0 aliphatic carbocycles. The summed E-state index contributed by atoms with van der Waals surface area (Å²) in [6.07, 6.45) is 0.408. The van der Waals surface area contributed by atoms with Gasteiger partial charge in [0.25, 0.3) is 0 Å². The summed E-state index contributed by atoms with van der Waals surface area (Å²) in [4.78, 5) is 22.4. The van der Waals surface area contributed by atoms with Crippen molar-refractivity contribution < 1.29 is 19.8 Å². The number of carboxylic acids is 1. The molecule has 0 saturated carbocycles. The number of phenolic OH excluding ortho intramolecular Hbond substituents is 1. The summed E-state index contributed by atoms with van der Waals surface area (Å²) in [5, 5.41) is 18.4. The highest BCUT2D eigenvalue weighted by molar-refractivity contribution is 5.79. The SMILES string of the molecule is CN(C=O)C(C(=O)O)c1ccccc1O. The lowest BCUT2D eigenvalue weighted by molar-refractivity contribution is -0.145. The lowest BCUT2D eigenvalue weighted by atomic mass is 10.1. The fourth-order valence-electron chi connectivity index (χ4n) is 1.31. The van der Waals surface area contributed by atoms with Gasteiger partial charge in [-0.1, -0.05) is 18.2 Å². The second-order valence-electron chi connectivity index (χ2n) is 3.07. The first-order valence-corrected chi connectivity index (χ1v) is 4.26. The third kappa shape index (κ3) is 2.25. The summed E-state index contributed by atoms with van der Waals surface area (Å²) >= 11 is 0. The number of carbonyl (C=O) groups is 2. The summed E-state index contributed by atoms with van der Waals surface area (Å²) in [6.45, 7) is 0. The van der Waals surface area contributed by atoms with Gasteiger partial charge in [0, 0.05) is 12.6 Å². The number of aliphatic carboxylic acids is 1. The molecule has 0 heterocycles. The molecule has 1 atom stereocenters. The molecule has 0 aliphatic rings. The van der Waals surface area contributed by atoms with Crippen LogP contribution in [0.4, 0.5) is 0 Å². The van der Waals surface area contributed by atoms with E-state index in [4.69, 9.17) is 5.11 Å². The molecule has 0 aliphatic heterocycles. The number of likely N-dealkylation sites (N-methyl/N-ethyl adjacent to an activating group) is 1. The standard InChI is InChI=1S/C10H11NO4/c1-11(6-12)9(10(14)15)7-4-2-3-5-8(7)13/h2-6,9,13H,1H3,(H,14,15). The van der Waals surface area contributed by atoms with Crippen molar-refractivity contribution in [1.82, 2.24) is 4.90 Å². The number of benzene rings is 1. The maximum atomic E-state index is 10.9. The molecule has 0 saturated heterocycles. The second-order valence-corrected chi connectivity index (χ2v) is 3.07. The van der Waals surface area contributed by atoms with Crippen LogP contribution in [-0.4, -0.2) is 34.5 Å². The predicted octanol–water partition coefficient (Wildman–Crippen LogP) is 0.606. The van der Waals surface area contributed by atoms with Gasteiger partial charge in [0.05, 0.1) is 0 Å². The van der Waals surface area contributed by atoms with Crippen LogP contribution < -0.4 is 0 Å². The normalized spacial score (nSPS) is 11.8. The van der Waals surface area contributed by atoms with Gasteiger partial charge in [-0.05, 0) is 6.07 Å². The highest BCUT2D eigenvalue weighted by Gasteiger charge is 2.26. The Morgan fingerprint density at radius 2 is 2.07 bits per heavy atom. The van der Waals surface area contributed by atoms with Crippen molar-refractivity contribution in [3.05, 3.63) is 29.8 Å². The van der Waals surface area contributed by atoms with Crippen molar-refractivity contribution in [2.24, 2.45) is 0 Å². The van der Waals surface area contributed by atoms with Crippen LogP contribution in [0.3, 0.4) is 0 Å². The number of nitrogens with zero attached hydrogens (tertiary/aromatic N) is 1. The molecule has 0 radical (unpaired) electrons. The highest BCUT2D eigenvalue weighted by atomic mass is 16.4. The zero-order valence-electron chi connectivity index (χ0n) is 8.12. The van der Waals surface area contributed by atoms with Crippen molar-refractivity contribution >= 4 is 12.4 Å². The van der Waals surface area contributed by atoms with Crippen LogP contribution in [0.15, 0.2) is 24.3 Å². The minimum Gasteiger partial charge on any atom is -0.508 e. The zero-order valence-corrected chi connectivity index (χ0v) is 8.12. The molecule has 1 unspecified atom stereocenters.